The highest BCUT2D eigenvalue weighted by atomic mass is 16.6. The number of carbonyl (C=O) groups excluding carboxylic acids is 2. The van der Waals surface area contributed by atoms with Crippen molar-refractivity contribution in [2.24, 2.45) is 5.92 Å². The first kappa shape index (κ1) is 34.8. The Bertz CT molecular complexity index is 527. The number of quaternary nitrogens is 1. The molecule has 0 amide bonds. The summed E-state index contributed by atoms with van der Waals surface area (Å²) in [5, 5.41) is 8.31. The first-order valence-electron chi connectivity index (χ1n) is 13.8. The molecule has 0 saturated carbocycles. The van der Waals surface area contributed by atoms with Gasteiger partial charge in [0.25, 0.3) is 0 Å². The van der Waals surface area contributed by atoms with Crippen LogP contribution in [-0.4, -0.2) is 50.0 Å². The molecular formula is C29H57N2O3+. The molecule has 1 unspecified atom stereocenters. The Morgan fingerprint density at radius 3 is 1.41 bits per heavy atom. The fourth-order valence-corrected chi connectivity index (χ4v) is 3.64. The second-order valence-corrected chi connectivity index (χ2v) is 11.6. The molecular weight excluding hydrogens is 424 g/mol. The third-order valence-corrected chi connectivity index (χ3v) is 5.62. The molecule has 0 aliphatic rings. The van der Waals surface area contributed by atoms with E-state index in [-0.39, 0.29) is 6.29 Å². The Kier molecular flexibility index (Phi) is 22.6. The SMILES string of the molecule is CC(C)(C)OC(=O)C(C#N)C=O.CCCCCCCCCCCCCCCCCC[N+](C)(C)C. The first-order chi connectivity index (χ1) is 16.0. The van der Waals surface area contributed by atoms with Crippen LogP contribution in [0.1, 0.15) is 130 Å². The molecule has 0 aromatic heterocycles. The second kappa shape index (κ2) is 22.1. The molecule has 200 valence electrons. The van der Waals surface area contributed by atoms with Crippen LogP contribution in [0.25, 0.3) is 0 Å². The Labute approximate surface area is 212 Å². The lowest BCUT2D eigenvalue weighted by atomic mass is 10.0. The summed E-state index contributed by atoms with van der Waals surface area (Å²) in [6.07, 6.45) is 23.6. The summed E-state index contributed by atoms with van der Waals surface area (Å²) in [7, 11) is 6.89. The Morgan fingerprint density at radius 1 is 0.794 bits per heavy atom. The fraction of sp³-hybridized carbons (Fsp3) is 0.897. The maximum Gasteiger partial charge on any atom is 0.331 e. The van der Waals surface area contributed by atoms with Gasteiger partial charge in [0.15, 0.2) is 5.92 Å². The molecule has 0 bridgehead atoms. The lowest BCUT2D eigenvalue weighted by molar-refractivity contribution is -0.870. The van der Waals surface area contributed by atoms with Crippen molar-refractivity contribution in [3.8, 4) is 6.07 Å². The Hall–Kier alpha value is -1.41. The molecule has 0 rings (SSSR count). The maximum absolute atomic E-state index is 10.9. The second-order valence-electron chi connectivity index (χ2n) is 11.6. The molecule has 5 heteroatoms. The van der Waals surface area contributed by atoms with Crippen LogP contribution in [0.15, 0.2) is 0 Å². The Morgan fingerprint density at radius 2 is 1.15 bits per heavy atom. The summed E-state index contributed by atoms with van der Waals surface area (Å²) in [6.45, 7) is 8.64. The van der Waals surface area contributed by atoms with Gasteiger partial charge in [-0.2, -0.15) is 5.26 Å². The lowest BCUT2D eigenvalue weighted by Crippen LogP contribution is -2.35. The maximum atomic E-state index is 10.9. The van der Waals surface area contributed by atoms with Gasteiger partial charge in [0, 0.05) is 0 Å². The predicted molar refractivity (Wildman–Crippen MR) is 143 cm³/mol. The standard InChI is InChI=1S/C21H46N.C8H11NO3/c1-5-6-7-8-9-10-11-12-13-14-15-16-17-18-19-20-21-22(2,3)4;1-8(2,3)12-7(11)6(4-9)5-10/h5-21H2,1-4H3;5-6H,1-3H3/q+1;. The van der Waals surface area contributed by atoms with E-state index in [9.17, 15) is 9.59 Å². The van der Waals surface area contributed by atoms with E-state index in [1.807, 2.05) is 0 Å². The average Bonchev–Trinajstić information content (AvgIpc) is 2.73. The molecule has 0 spiro atoms. The van der Waals surface area contributed by atoms with Gasteiger partial charge in [0.2, 0.25) is 0 Å². The summed E-state index contributed by atoms with van der Waals surface area (Å²) in [5.41, 5.74) is -0.658. The predicted octanol–water partition coefficient (Wildman–Crippen LogP) is 7.62. The molecule has 0 N–H and O–H groups in total. The number of hydrogen-bond acceptors (Lipinski definition) is 4. The number of aldehydes is 1. The number of unbranched alkanes of at least 4 members (excludes halogenated alkanes) is 15. The zero-order valence-corrected chi connectivity index (χ0v) is 23.8. The van der Waals surface area contributed by atoms with Crippen LogP contribution in [-0.2, 0) is 14.3 Å². The zero-order valence-electron chi connectivity index (χ0n) is 23.8. The molecule has 0 saturated heterocycles. The minimum absolute atomic E-state index is 0.272. The van der Waals surface area contributed by atoms with Crippen molar-refractivity contribution in [2.75, 3.05) is 27.7 Å². The number of nitriles is 1. The van der Waals surface area contributed by atoms with Gasteiger partial charge < -0.3 is 14.0 Å². The quantitative estimate of drug-likeness (QED) is 0.0625. The van der Waals surface area contributed by atoms with Crippen molar-refractivity contribution >= 4 is 12.3 Å². The van der Waals surface area contributed by atoms with Crippen LogP contribution in [0, 0.1) is 17.2 Å². The highest BCUT2D eigenvalue weighted by Gasteiger charge is 2.24. The van der Waals surface area contributed by atoms with E-state index in [1.54, 1.807) is 20.8 Å². The zero-order chi connectivity index (χ0) is 26.3. The molecule has 0 aliphatic heterocycles. The van der Waals surface area contributed by atoms with Crippen molar-refractivity contribution < 1.29 is 18.8 Å². The van der Waals surface area contributed by atoms with Gasteiger partial charge in [0.05, 0.1) is 33.8 Å². The summed E-state index contributed by atoms with van der Waals surface area (Å²) in [5.74, 6) is -2.09. The monoisotopic (exact) mass is 481 g/mol. The number of ether oxygens (including phenoxy) is 1. The lowest BCUT2D eigenvalue weighted by Gasteiger charge is -2.23. The molecule has 5 nitrogen and oxygen atoms in total. The van der Waals surface area contributed by atoms with E-state index < -0.39 is 17.5 Å². The Balaban J connectivity index is 0. The van der Waals surface area contributed by atoms with E-state index >= 15 is 0 Å². The van der Waals surface area contributed by atoms with E-state index in [0.29, 0.717) is 0 Å². The molecule has 0 radical (unpaired) electrons. The van der Waals surface area contributed by atoms with Gasteiger partial charge in [-0.1, -0.05) is 96.8 Å². The largest absolute Gasteiger partial charge is 0.459 e. The number of carbonyl (C=O) groups is 2. The van der Waals surface area contributed by atoms with Crippen molar-refractivity contribution in [2.45, 2.75) is 136 Å². The molecule has 0 aromatic rings. The molecule has 0 aromatic carbocycles. The van der Waals surface area contributed by atoms with E-state index in [2.05, 4.69) is 28.1 Å². The van der Waals surface area contributed by atoms with Crippen LogP contribution in [0.4, 0.5) is 0 Å². The summed E-state index contributed by atoms with van der Waals surface area (Å²) in [4.78, 5) is 21.1. The normalized spacial score (nSPS) is 12.3. The number of nitrogens with zero attached hydrogens (tertiary/aromatic N) is 2. The molecule has 0 heterocycles. The molecule has 34 heavy (non-hydrogen) atoms. The van der Waals surface area contributed by atoms with Gasteiger partial charge in [-0.3, -0.25) is 4.79 Å². The minimum Gasteiger partial charge on any atom is -0.459 e. The third-order valence-electron chi connectivity index (χ3n) is 5.62. The molecule has 0 fully saturated rings. The first-order valence-corrected chi connectivity index (χ1v) is 13.8. The average molecular weight is 482 g/mol. The molecule has 1 atom stereocenters. The number of rotatable bonds is 19. The minimum atomic E-state index is -1.30. The van der Waals surface area contributed by atoms with Crippen LogP contribution >= 0.6 is 0 Å². The van der Waals surface area contributed by atoms with Crippen molar-refractivity contribution in [3.63, 3.8) is 0 Å². The highest BCUT2D eigenvalue weighted by Crippen LogP contribution is 2.14. The van der Waals surface area contributed by atoms with E-state index in [4.69, 9.17) is 10.00 Å². The number of hydrogen-bond donors (Lipinski definition) is 0. The molecule has 0 aliphatic carbocycles. The van der Waals surface area contributed by atoms with Gasteiger partial charge in [-0.05, 0) is 33.6 Å². The summed E-state index contributed by atoms with van der Waals surface area (Å²) < 4.78 is 5.91. The van der Waals surface area contributed by atoms with Gasteiger partial charge in [-0.15, -0.1) is 0 Å². The van der Waals surface area contributed by atoms with Crippen molar-refractivity contribution in [3.05, 3.63) is 0 Å². The van der Waals surface area contributed by atoms with Crippen LogP contribution in [0.5, 0.6) is 0 Å². The summed E-state index contributed by atoms with van der Waals surface area (Å²) in [6, 6.07) is 1.53. The number of esters is 1. The summed E-state index contributed by atoms with van der Waals surface area (Å²) >= 11 is 0. The highest BCUT2D eigenvalue weighted by molar-refractivity contribution is 5.90. The topological polar surface area (TPSA) is 67.2 Å². The van der Waals surface area contributed by atoms with Crippen molar-refractivity contribution in [1.82, 2.24) is 0 Å². The van der Waals surface area contributed by atoms with Crippen LogP contribution in [0.2, 0.25) is 0 Å². The van der Waals surface area contributed by atoms with Gasteiger partial charge in [0.1, 0.15) is 11.9 Å². The fourth-order valence-electron chi connectivity index (χ4n) is 3.64. The van der Waals surface area contributed by atoms with Gasteiger partial charge >= 0.3 is 5.97 Å². The van der Waals surface area contributed by atoms with Crippen molar-refractivity contribution in [1.29, 1.82) is 5.26 Å². The van der Waals surface area contributed by atoms with Crippen LogP contribution in [0.3, 0.4) is 0 Å². The van der Waals surface area contributed by atoms with Crippen LogP contribution < -0.4 is 0 Å². The smallest absolute Gasteiger partial charge is 0.331 e. The third kappa shape index (κ3) is 28.6. The van der Waals surface area contributed by atoms with Gasteiger partial charge in [-0.25, -0.2) is 0 Å². The van der Waals surface area contributed by atoms with E-state index in [1.165, 1.54) is 115 Å². The van der Waals surface area contributed by atoms with E-state index in [0.717, 1.165) is 4.48 Å².